The van der Waals surface area contributed by atoms with Crippen LogP contribution in [0.5, 0.6) is 17.2 Å². The van der Waals surface area contributed by atoms with E-state index in [1.165, 1.54) is 16.3 Å². The molecule has 2 heterocycles. The van der Waals surface area contributed by atoms with E-state index in [1.807, 2.05) is 36.4 Å². The number of hydrogen-bond donors (Lipinski definition) is 1. The van der Waals surface area contributed by atoms with Crippen molar-refractivity contribution in [2.75, 3.05) is 13.9 Å². The van der Waals surface area contributed by atoms with Crippen molar-refractivity contribution in [3.8, 4) is 22.9 Å². The summed E-state index contributed by atoms with van der Waals surface area (Å²) in [7, 11) is 1.55. The Morgan fingerprint density at radius 3 is 2.74 bits per heavy atom. The maximum Gasteiger partial charge on any atom is 0.266 e. The second kappa shape index (κ2) is 9.71. The standard InChI is InChI=1S/C26H23N3O5S/c1-16(24(30)27-14-17-11-12-22-23(13-17)34-15-33-22)35-26-28-19-8-4-3-7-18(19)25(31)29(26)20-9-5-6-10-21(20)32-2/h3-13,16H,14-15H2,1-2H3,(H,27,30)/t16-/m0/s1. The normalized spacial score (nSPS) is 13.0. The Morgan fingerprint density at radius 2 is 1.89 bits per heavy atom. The molecule has 3 aromatic carbocycles. The maximum absolute atomic E-state index is 13.5. The Morgan fingerprint density at radius 1 is 1.11 bits per heavy atom. The smallest absolute Gasteiger partial charge is 0.266 e. The largest absolute Gasteiger partial charge is 0.495 e. The molecule has 1 aromatic heterocycles. The lowest BCUT2D eigenvalue weighted by Crippen LogP contribution is -2.31. The van der Waals surface area contributed by atoms with Crippen molar-refractivity contribution in [2.24, 2.45) is 0 Å². The molecular weight excluding hydrogens is 466 g/mol. The van der Waals surface area contributed by atoms with Crippen LogP contribution in [0, 0.1) is 0 Å². The molecule has 4 aromatic rings. The van der Waals surface area contributed by atoms with Gasteiger partial charge in [0.1, 0.15) is 5.75 Å². The minimum atomic E-state index is -0.516. The number of aromatic nitrogens is 2. The second-order valence-corrected chi connectivity index (χ2v) is 9.20. The van der Waals surface area contributed by atoms with Gasteiger partial charge in [-0.2, -0.15) is 0 Å². The van der Waals surface area contributed by atoms with E-state index >= 15 is 0 Å². The lowest BCUT2D eigenvalue weighted by atomic mass is 10.2. The first-order valence-corrected chi connectivity index (χ1v) is 11.9. The van der Waals surface area contributed by atoms with Gasteiger partial charge in [0.25, 0.3) is 5.56 Å². The molecule has 0 unspecified atom stereocenters. The first-order valence-electron chi connectivity index (χ1n) is 11.0. The van der Waals surface area contributed by atoms with Gasteiger partial charge >= 0.3 is 0 Å². The van der Waals surface area contributed by atoms with Gasteiger partial charge < -0.3 is 19.5 Å². The fourth-order valence-corrected chi connectivity index (χ4v) is 4.76. The van der Waals surface area contributed by atoms with Crippen molar-refractivity contribution in [1.29, 1.82) is 0 Å². The first-order chi connectivity index (χ1) is 17.0. The summed E-state index contributed by atoms with van der Waals surface area (Å²) < 4.78 is 17.7. The number of hydrogen-bond acceptors (Lipinski definition) is 7. The van der Waals surface area contributed by atoms with Crippen LogP contribution in [0.1, 0.15) is 12.5 Å². The Labute approximate surface area is 205 Å². The number of nitrogens with one attached hydrogen (secondary N) is 1. The number of nitrogens with zero attached hydrogens (tertiary/aromatic N) is 2. The van der Waals surface area contributed by atoms with E-state index in [0.717, 1.165) is 5.56 Å². The van der Waals surface area contributed by atoms with Crippen LogP contribution in [0.15, 0.2) is 76.7 Å². The molecule has 1 aliphatic heterocycles. The van der Waals surface area contributed by atoms with Crippen molar-refractivity contribution in [1.82, 2.24) is 14.9 Å². The van der Waals surface area contributed by atoms with Crippen LogP contribution in [-0.2, 0) is 11.3 Å². The molecular formula is C26H23N3O5S. The van der Waals surface area contributed by atoms with Gasteiger partial charge in [0.15, 0.2) is 16.7 Å². The minimum absolute atomic E-state index is 0.179. The van der Waals surface area contributed by atoms with E-state index in [-0.39, 0.29) is 18.3 Å². The SMILES string of the molecule is COc1ccccc1-n1c(S[C@@H](C)C(=O)NCc2ccc3c(c2)OCO3)nc2ccccc2c1=O. The summed E-state index contributed by atoms with van der Waals surface area (Å²) in [5, 5.41) is 3.33. The second-order valence-electron chi connectivity index (χ2n) is 7.89. The van der Waals surface area contributed by atoms with E-state index in [9.17, 15) is 9.59 Å². The van der Waals surface area contributed by atoms with Crippen LogP contribution in [0.2, 0.25) is 0 Å². The van der Waals surface area contributed by atoms with Gasteiger partial charge in [0.2, 0.25) is 12.7 Å². The summed E-state index contributed by atoms with van der Waals surface area (Å²) in [5.74, 6) is 1.72. The predicted molar refractivity (Wildman–Crippen MR) is 134 cm³/mol. The lowest BCUT2D eigenvalue weighted by Gasteiger charge is -2.18. The van der Waals surface area contributed by atoms with E-state index in [2.05, 4.69) is 5.32 Å². The summed E-state index contributed by atoms with van der Waals surface area (Å²) >= 11 is 1.22. The number of para-hydroxylation sites is 3. The summed E-state index contributed by atoms with van der Waals surface area (Å²) in [4.78, 5) is 31.2. The van der Waals surface area contributed by atoms with E-state index < -0.39 is 5.25 Å². The highest BCUT2D eigenvalue weighted by molar-refractivity contribution is 8.00. The fourth-order valence-electron chi connectivity index (χ4n) is 3.81. The fraction of sp³-hybridized carbons (Fsp3) is 0.192. The third-order valence-corrected chi connectivity index (χ3v) is 6.68. The van der Waals surface area contributed by atoms with Crippen LogP contribution in [0.4, 0.5) is 0 Å². The Bertz CT molecular complexity index is 1470. The van der Waals surface area contributed by atoms with Gasteiger partial charge in [-0.1, -0.05) is 42.1 Å². The molecule has 8 nitrogen and oxygen atoms in total. The monoisotopic (exact) mass is 489 g/mol. The lowest BCUT2D eigenvalue weighted by molar-refractivity contribution is -0.120. The van der Waals surface area contributed by atoms with Crippen LogP contribution < -0.4 is 25.1 Å². The van der Waals surface area contributed by atoms with Crippen molar-refractivity contribution >= 4 is 28.6 Å². The quantitative estimate of drug-likeness (QED) is 0.311. The zero-order valence-corrected chi connectivity index (χ0v) is 20.0. The molecule has 0 saturated carbocycles. The molecule has 1 aliphatic rings. The molecule has 0 spiro atoms. The topological polar surface area (TPSA) is 91.7 Å². The Balaban J connectivity index is 1.42. The highest BCUT2D eigenvalue weighted by atomic mass is 32.2. The number of rotatable bonds is 7. The van der Waals surface area contributed by atoms with Crippen molar-refractivity contribution in [3.63, 3.8) is 0 Å². The maximum atomic E-state index is 13.5. The highest BCUT2D eigenvalue weighted by Gasteiger charge is 2.22. The zero-order chi connectivity index (χ0) is 24.4. The molecule has 1 N–H and O–H groups in total. The summed E-state index contributed by atoms with van der Waals surface area (Å²) in [6.45, 7) is 2.32. The number of amides is 1. The van der Waals surface area contributed by atoms with Gasteiger partial charge in [-0.05, 0) is 48.9 Å². The number of thioether (sulfide) groups is 1. The molecule has 5 rings (SSSR count). The number of ether oxygens (including phenoxy) is 3. The zero-order valence-electron chi connectivity index (χ0n) is 19.2. The Kier molecular flexibility index (Phi) is 6.33. The van der Waals surface area contributed by atoms with Crippen LogP contribution in [0.3, 0.4) is 0 Å². The Hall–Kier alpha value is -3.98. The van der Waals surface area contributed by atoms with E-state index in [1.54, 1.807) is 44.4 Å². The molecule has 35 heavy (non-hydrogen) atoms. The first kappa shape index (κ1) is 22.8. The number of carbonyl (C=O) groups excluding carboxylic acids is 1. The molecule has 0 bridgehead atoms. The molecule has 0 fully saturated rings. The van der Waals surface area contributed by atoms with Crippen molar-refractivity contribution in [2.45, 2.75) is 23.9 Å². The van der Waals surface area contributed by atoms with Gasteiger partial charge in [-0.3, -0.25) is 14.2 Å². The average Bonchev–Trinajstić information content (AvgIpc) is 3.35. The van der Waals surface area contributed by atoms with E-state index in [4.69, 9.17) is 19.2 Å². The van der Waals surface area contributed by atoms with Gasteiger partial charge in [0, 0.05) is 6.54 Å². The van der Waals surface area contributed by atoms with Crippen LogP contribution in [-0.4, -0.2) is 34.6 Å². The predicted octanol–water partition coefficient (Wildman–Crippen LogP) is 3.92. The molecule has 1 atom stereocenters. The van der Waals surface area contributed by atoms with Crippen LogP contribution >= 0.6 is 11.8 Å². The molecule has 0 saturated heterocycles. The molecule has 9 heteroatoms. The minimum Gasteiger partial charge on any atom is -0.495 e. The number of fused-ring (bicyclic) bond motifs is 2. The highest BCUT2D eigenvalue weighted by Crippen LogP contribution is 2.33. The van der Waals surface area contributed by atoms with Crippen LogP contribution in [0.25, 0.3) is 16.6 Å². The summed E-state index contributed by atoms with van der Waals surface area (Å²) in [5.41, 5.74) is 1.80. The molecule has 178 valence electrons. The van der Waals surface area contributed by atoms with Gasteiger partial charge in [-0.15, -0.1) is 0 Å². The molecule has 0 aliphatic carbocycles. The summed E-state index contributed by atoms with van der Waals surface area (Å²) in [6.07, 6.45) is 0. The van der Waals surface area contributed by atoms with Crippen molar-refractivity contribution < 1.29 is 19.0 Å². The van der Waals surface area contributed by atoms with Gasteiger partial charge in [0.05, 0.1) is 29.0 Å². The number of carbonyl (C=O) groups is 1. The third kappa shape index (κ3) is 4.54. The summed E-state index contributed by atoms with van der Waals surface area (Å²) in [6, 6.07) is 20.0. The average molecular weight is 490 g/mol. The third-order valence-electron chi connectivity index (χ3n) is 5.63. The number of methoxy groups -OCH3 is 1. The molecule has 0 radical (unpaired) electrons. The molecule has 1 amide bonds. The van der Waals surface area contributed by atoms with E-state index in [0.29, 0.717) is 45.5 Å². The van der Waals surface area contributed by atoms with Crippen molar-refractivity contribution in [3.05, 3.63) is 82.6 Å². The number of benzene rings is 3. The van der Waals surface area contributed by atoms with Gasteiger partial charge in [-0.25, -0.2) is 4.98 Å².